The number of benzene rings is 3. The van der Waals surface area contributed by atoms with Crippen LogP contribution in [-0.2, 0) is 0 Å². The number of nitriles is 1. The molecule has 3 aromatic carbocycles. The highest BCUT2D eigenvalue weighted by molar-refractivity contribution is 5.73. The molecule has 4 heteroatoms. The Kier molecular flexibility index (Phi) is 5.92. The number of nitrogens with zero attached hydrogens (tertiary/aromatic N) is 3. The number of imidazole rings is 1. The zero-order valence-corrected chi connectivity index (χ0v) is 18.8. The molecule has 0 aliphatic carbocycles. The van der Waals surface area contributed by atoms with E-state index in [2.05, 4.69) is 56.9 Å². The highest BCUT2D eigenvalue weighted by Gasteiger charge is 2.22. The van der Waals surface area contributed by atoms with Gasteiger partial charge in [-0.05, 0) is 34.6 Å². The van der Waals surface area contributed by atoms with E-state index in [4.69, 9.17) is 0 Å². The molecular weight excluding hydrogens is 397 g/mol. The predicted molar refractivity (Wildman–Crippen MR) is 127 cm³/mol. The molecule has 0 bridgehead atoms. The molecule has 0 saturated carbocycles. The Morgan fingerprint density at radius 2 is 1.41 bits per heavy atom. The molecule has 1 aromatic heterocycles. The van der Waals surface area contributed by atoms with Gasteiger partial charge in [-0.2, -0.15) is 5.26 Å². The summed E-state index contributed by atoms with van der Waals surface area (Å²) in [5.74, 6) is 0.602. The standard InChI is InChI=1S/C28H26FN3/c1-18(2)22-12-8-13-23(19(3)4)27(22)32-17-21(16-30)31-28(32)25-15-9-14-24(26(25)29)20-10-6-5-7-11-20/h5-15,17-19H,1-4H3. The molecule has 4 rings (SSSR count). The van der Waals surface area contributed by atoms with E-state index >= 15 is 4.39 Å². The summed E-state index contributed by atoms with van der Waals surface area (Å²) in [6.45, 7) is 8.56. The Morgan fingerprint density at radius 1 is 0.812 bits per heavy atom. The Morgan fingerprint density at radius 3 is 2.00 bits per heavy atom. The molecule has 160 valence electrons. The minimum absolute atomic E-state index is 0.255. The minimum Gasteiger partial charge on any atom is -0.298 e. The number of hydrogen-bond acceptors (Lipinski definition) is 2. The van der Waals surface area contributed by atoms with E-state index < -0.39 is 0 Å². The first-order chi connectivity index (χ1) is 15.4. The van der Waals surface area contributed by atoms with Gasteiger partial charge in [0.15, 0.2) is 5.69 Å². The van der Waals surface area contributed by atoms with Crippen LogP contribution >= 0.6 is 0 Å². The summed E-state index contributed by atoms with van der Waals surface area (Å²) in [4.78, 5) is 4.53. The zero-order chi connectivity index (χ0) is 22.8. The van der Waals surface area contributed by atoms with Gasteiger partial charge in [0.05, 0.1) is 11.3 Å². The van der Waals surface area contributed by atoms with Crippen molar-refractivity contribution < 1.29 is 4.39 Å². The van der Waals surface area contributed by atoms with E-state index in [-0.39, 0.29) is 23.3 Å². The van der Waals surface area contributed by atoms with Gasteiger partial charge in [0.25, 0.3) is 0 Å². The van der Waals surface area contributed by atoms with E-state index in [1.165, 1.54) is 0 Å². The third-order valence-corrected chi connectivity index (χ3v) is 5.73. The molecule has 0 aliphatic rings. The number of aromatic nitrogens is 2. The van der Waals surface area contributed by atoms with Crippen molar-refractivity contribution >= 4 is 0 Å². The van der Waals surface area contributed by atoms with E-state index in [9.17, 15) is 5.26 Å². The molecule has 0 spiro atoms. The van der Waals surface area contributed by atoms with Crippen molar-refractivity contribution in [3.05, 3.63) is 95.6 Å². The summed E-state index contributed by atoms with van der Waals surface area (Å²) in [7, 11) is 0. The quantitative estimate of drug-likeness (QED) is 0.334. The van der Waals surface area contributed by atoms with Crippen LogP contribution in [-0.4, -0.2) is 9.55 Å². The number of halogens is 1. The normalized spacial score (nSPS) is 11.2. The molecule has 0 amide bonds. The van der Waals surface area contributed by atoms with E-state index in [1.807, 2.05) is 41.0 Å². The Balaban J connectivity index is 2.01. The van der Waals surface area contributed by atoms with Gasteiger partial charge in [-0.3, -0.25) is 4.57 Å². The maximum absolute atomic E-state index is 15.8. The van der Waals surface area contributed by atoms with Crippen LogP contribution in [0, 0.1) is 17.1 Å². The van der Waals surface area contributed by atoms with Crippen molar-refractivity contribution in [3.63, 3.8) is 0 Å². The van der Waals surface area contributed by atoms with Crippen molar-refractivity contribution in [1.82, 2.24) is 9.55 Å². The lowest BCUT2D eigenvalue weighted by Crippen LogP contribution is -2.08. The summed E-state index contributed by atoms with van der Waals surface area (Å²) in [6.07, 6.45) is 1.72. The topological polar surface area (TPSA) is 41.6 Å². The average molecular weight is 424 g/mol. The van der Waals surface area contributed by atoms with Crippen LogP contribution in [0.2, 0.25) is 0 Å². The van der Waals surface area contributed by atoms with E-state index in [1.54, 1.807) is 18.3 Å². The fourth-order valence-corrected chi connectivity index (χ4v) is 4.13. The second-order valence-corrected chi connectivity index (χ2v) is 8.56. The van der Waals surface area contributed by atoms with Crippen LogP contribution in [0.3, 0.4) is 0 Å². The predicted octanol–water partition coefficient (Wildman–Crippen LogP) is 7.46. The molecular formula is C28H26FN3. The SMILES string of the molecule is CC(C)c1cccc(C(C)C)c1-n1cc(C#N)nc1-c1cccc(-c2ccccc2)c1F. The van der Waals surface area contributed by atoms with Crippen molar-refractivity contribution in [3.8, 4) is 34.3 Å². The first-order valence-electron chi connectivity index (χ1n) is 10.9. The lowest BCUT2D eigenvalue weighted by Gasteiger charge is -2.22. The maximum atomic E-state index is 15.8. The largest absolute Gasteiger partial charge is 0.298 e. The van der Waals surface area contributed by atoms with Gasteiger partial charge in [0, 0.05) is 11.8 Å². The molecule has 0 aliphatic heterocycles. The number of rotatable bonds is 5. The van der Waals surface area contributed by atoms with Gasteiger partial charge in [-0.15, -0.1) is 0 Å². The third-order valence-electron chi connectivity index (χ3n) is 5.73. The van der Waals surface area contributed by atoms with Crippen molar-refractivity contribution in [1.29, 1.82) is 5.26 Å². The van der Waals surface area contributed by atoms with Gasteiger partial charge in [-0.25, -0.2) is 9.37 Å². The Hall–Kier alpha value is -3.71. The van der Waals surface area contributed by atoms with Crippen LogP contribution in [0.25, 0.3) is 28.2 Å². The molecule has 0 radical (unpaired) electrons. The zero-order valence-electron chi connectivity index (χ0n) is 18.8. The van der Waals surface area contributed by atoms with Crippen LogP contribution in [0.4, 0.5) is 4.39 Å². The first kappa shape index (κ1) is 21.5. The molecule has 1 heterocycles. The van der Waals surface area contributed by atoms with Crippen molar-refractivity contribution in [2.45, 2.75) is 39.5 Å². The lowest BCUT2D eigenvalue weighted by molar-refractivity contribution is 0.633. The van der Waals surface area contributed by atoms with Crippen LogP contribution in [0.15, 0.2) is 72.9 Å². The molecule has 0 N–H and O–H groups in total. The Labute approximate surface area is 188 Å². The molecule has 0 atom stereocenters. The number of hydrogen-bond donors (Lipinski definition) is 0. The number of para-hydroxylation sites is 1. The van der Waals surface area contributed by atoms with Gasteiger partial charge in [-0.1, -0.05) is 88.4 Å². The van der Waals surface area contributed by atoms with Gasteiger partial charge >= 0.3 is 0 Å². The lowest BCUT2D eigenvalue weighted by atomic mass is 9.92. The molecule has 4 aromatic rings. The van der Waals surface area contributed by atoms with Crippen LogP contribution in [0.5, 0.6) is 0 Å². The van der Waals surface area contributed by atoms with Gasteiger partial charge < -0.3 is 0 Å². The molecule has 0 unspecified atom stereocenters. The van der Waals surface area contributed by atoms with Crippen molar-refractivity contribution in [2.75, 3.05) is 0 Å². The summed E-state index contributed by atoms with van der Waals surface area (Å²) in [5.41, 5.74) is 5.20. The minimum atomic E-state index is -0.344. The first-order valence-corrected chi connectivity index (χ1v) is 10.9. The third kappa shape index (κ3) is 3.83. The van der Waals surface area contributed by atoms with Crippen LogP contribution in [0.1, 0.15) is 56.4 Å². The molecule has 0 saturated heterocycles. The highest BCUT2D eigenvalue weighted by Crippen LogP contribution is 2.36. The fraction of sp³-hybridized carbons (Fsp3) is 0.214. The Bertz CT molecular complexity index is 1270. The highest BCUT2D eigenvalue weighted by atomic mass is 19.1. The molecule has 32 heavy (non-hydrogen) atoms. The maximum Gasteiger partial charge on any atom is 0.159 e. The smallest absolute Gasteiger partial charge is 0.159 e. The average Bonchev–Trinajstić information content (AvgIpc) is 3.23. The van der Waals surface area contributed by atoms with Gasteiger partial charge in [0.1, 0.15) is 17.7 Å². The second-order valence-electron chi connectivity index (χ2n) is 8.56. The monoisotopic (exact) mass is 423 g/mol. The molecule has 3 nitrogen and oxygen atoms in total. The summed E-state index contributed by atoms with van der Waals surface area (Å²) in [5, 5.41) is 9.61. The summed E-state index contributed by atoms with van der Waals surface area (Å²) < 4.78 is 17.7. The van der Waals surface area contributed by atoms with Gasteiger partial charge in [0.2, 0.25) is 0 Å². The summed E-state index contributed by atoms with van der Waals surface area (Å²) in [6, 6.07) is 23.2. The second kappa shape index (κ2) is 8.80. The summed E-state index contributed by atoms with van der Waals surface area (Å²) >= 11 is 0. The fourth-order valence-electron chi connectivity index (χ4n) is 4.13. The van der Waals surface area contributed by atoms with Crippen LogP contribution < -0.4 is 0 Å². The van der Waals surface area contributed by atoms with E-state index in [0.29, 0.717) is 17.0 Å². The van der Waals surface area contributed by atoms with Crippen molar-refractivity contribution in [2.24, 2.45) is 0 Å². The van der Waals surface area contributed by atoms with E-state index in [0.717, 1.165) is 22.4 Å². The molecule has 0 fully saturated rings.